The summed E-state index contributed by atoms with van der Waals surface area (Å²) in [6, 6.07) is 12.6. The molecular weight excluding hydrogens is 400 g/mol. The lowest BCUT2D eigenvalue weighted by molar-refractivity contribution is -0.118. The Kier molecular flexibility index (Phi) is 6.82. The highest BCUT2D eigenvalue weighted by Gasteiger charge is 2.15. The SMILES string of the molecule is CCCNC(=O)CSc1nc2ccccc2c(=O)n1-c1ccc(OC(F)F)cc1. The van der Waals surface area contributed by atoms with Crippen LogP contribution in [0.2, 0.25) is 0 Å². The van der Waals surface area contributed by atoms with E-state index in [9.17, 15) is 18.4 Å². The number of fused-ring (bicyclic) bond motifs is 1. The van der Waals surface area contributed by atoms with Crippen LogP contribution in [0.4, 0.5) is 8.78 Å². The monoisotopic (exact) mass is 419 g/mol. The minimum atomic E-state index is -2.93. The average Bonchev–Trinajstić information content (AvgIpc) is 2.71. The number of hydrogen-bond donors (Lipinski definition) is 1. The van der Waals surface area contributed by atoms with E-state index in [4.69, 9.17) is 0 Å². The number of hydrogen-bond acceptors (Lipinski definition) is 5. The predicted octanol–water partition coefficient (Wildman–Crippen LogP) is 3.61. The minimum Gasteiger partial charge on any atom is -0.435 e. The molecule has 0 fully saturated rings. The first-order chi connectivity index (χ1) is 14.0. The lowest BCUT2D eigenvalue weighted by Crippen LogP contribution is -2.27. The van der Waals surface area contributed by atoms with Gasteiger partial charge in [-0.3, -0.25) is 14.2 Å². The standard InChI is InChI=1S/C20H19F2N3O3S/c1-2-11-23-17(26)12-29-20-24-16-6-4-3-5-15(16)18(27)25(20)13-7-9-14(10-8-13)28-19(21)22/h3-10,19H,2,11-12H2,1H3,(H,23,26). The summed E-state index contributed by atoms with van der Waals surface area (Å²) in [5.41, 5.74) is 0.642. The lowest BCUT2D eigenvalue weighted by atomic mass is 10.2. The molecular formula is C20H19F2N3O3S. The zero-order valence-electron chi connectivity index (χ0n) is 15.6. The van der Waals surface area contributed by atoms with Crippen LogP contribution in [-0.4, -0.2) is 34.4 Å². The summed E-state index contributed by atoms with van der Waals surface area (Å²) in [5, 5.41) is 3.53. The number of nitrogens with one attached hydrogen (secondary N) is 1. The number of alkyl halides is 2. The van der Waals surface area contributed by atoms with Gasteiger partial charge >= 0.3 is 6.61 Å². The fourth-order valence-electron chi connectivity index (χ4n) is 2.66. The van der Waals surface area contributed by atoms with Gasteiger partial charge < -0.3 is 10.1 Å². The zero-order chi connectivity index (χ0) is 20.8. The van der Waals surface area contributed by atoms with Crippen LogP contribution in [0.5, 0.6) is 5.75 Å². The van der Waals surface area contributed by atoms with Gasteiger partial charge in [-0.2, -0.15) is 8.78 Å². The van der Waals surface area contributed by atoms with Gasteiger partial charge in [0, 0.05) is 6.54 Å². The molecule has 2 aromatic carbocycles. The van der Waals surface area contributed by atoms with Crippen molar-refractivity contribution in [3.63, 3.8) is 0 Å². The minimum absolute atomic E-state index is 0.0151. The Morgan fingerprint density at radius 2 is 1.93 bits per heavy atom. The molecule has 29 heavy (non-hydrogen) atoms. The van der Waals surface area contributed by atoms with E-state index < -0.39 is 6.61 Å². The number of ether oxygens (including phenoxy) is 1. The average molecular weight is 419 g/mol. The van der Waals surface area contributed by atoms with E-state index in [1.807, 2.05) is 6.92 Å². The van der Waals surface area contributed by atoms with E-state index in [-0.39, 0.29) is 23.0 Å². The first-order valence-electron chi connectivity index (χ1n) is 8.96. The second kappa shape index (κ2) is 9.51. The summed E-state index contributed by atoms with van der Waals surface area (Å²) in [6.07, 6.45) is 0.822. The van der Waals surface area contributed by atoms with Crippen molar-refractivity contribution in [2.24, 2.45) is 0 Å². The first-order valence-corrected chi connectivity index (χ1v) is 9.94. The van der Waals surface area contributed by atoms with Crippen LogP contribution in [0, 0.1) is 0 Å². The summed E-state index contributed by atoms with van der Waals surface area (Å²) >= 11 is 1.13. The van der Waals surface area contributed by atoms with E-state index >= 15 is 0 Å². The fourth-order valence-corrected chi connectivity index (χ4v) is 3.50. The number of amides is 1. The Balaban J connectivity index is 2.00. The van der Waals surface area contributed by atoms with E-state index in [2.05, 4.69) is 15.0 Å². The van der Waals surface area contributed by atoms with Crippen molar-refractivity contribution >= 4 is 28.6 Å². The third-order valence-electron chi connectivity index (χ3n) is 3.97. The van der Waals surface area contributed by atoms with Crippen LogP contribution in [0.15, 0.2) is 58.5 Å². The van der Waals surface area contributed by atoms with E-state index in [0.29, 0.717) is 28.3 Å². The number of carbonyl (C=O) groups is 1. The summed E-state index contributed by atoms with van der Waals surface area (Å²) < 4.78 is 30.5. The number of halogens is 2. The Morgan fingerprint density at radius 1 is 1.21 bits per heavy atom. The number of nitrogens with zero attached hydrogens (tertiary/aromatic N) is 2. The molecule has 0 saturated heterocycles. The Hall–Kier alpha value is -2.94. The molecule has 3 rings (SSSR count). The van der Waals surface area contributed by atoms with E-state index in [1.54, 1.807) is 24.3 Å². The van der Waals surface area contributed by atoms with Gasteiger partial charge in [0.05, 0.1) is 22.3 Å². The van der Waals surface area contributed by atoms with Crippen molar-refractivity contribution in [1.82, 2.24) is 14.9 Å². The van der Waals surface area contributed by atoms with Gasteiger partial charge in [-0.25, -0.2) is 4.98 Å². The highest BCUT2D eigenvalue weighted by molar-refractivity contribution is 7.99. The molecule has 1 N–H and O–H groups in total. The second-order valence-corrected chi connectivity index (χ2v) is 7.01. The Labute approximate surface area is 169 Å². The topological polar surface area (TPSA) is 73.2 Å². The van der Waals surface area contributed by atoms with Gasteiger partial charge in [-0.05, 0) is 42.8 Å². The molecule has 1 heterocycles. The number of thioether (sulfide) groups is 1. The summed E-state index contributed by atoms with van der Waals surface area (Å²) in [4.78, 5) is 29.6. The van der Waals surface area contributed by atoms with Crippen molar-refractivity contribution in [1.29, 1.82) is 0 Å². The highest BCUT2D eigenvalue weighted by Crippen LogP contribution is 2.23. The Morgan fingerprint density at radius 3 is 2.62 bits per heavy atom. The van der Waals surface area contributed by atoms with Crippen LogP contribution in [0.25, 0.3) is 16.6 Å². The molecule has 0 aliphatic carbocycles. The van der Waals surface area contributed by atoms with Gasteiger partial charge in [0.25, 0.3) is 5.56 Å². The molecule has 0 spiro atoms. The third-order valence-corrected chi connectivity index (χ3v) is 4.91. The van der Waals surface area contributed by atoms with Crippen LogP contribution < -0.4 is 15.6 Å². The maximum atomic E-state index is 13.1. The quantitative estimate of drug-likeness (QED) is 0.446. The molecule has 1 aromatic heterocycles. The molecule has 3 aromatic rings. The molecule has 0 unspecified atom stereocenters. The molecule has 0 aliphatic heterocycles. The second-order valence-electron chi connectivity index (χ2n) is 6.06. The molecule has 0 atom stereocenters. The number of para-hydroxylation sites is 1. The van der Waals surface area contributed by atoms with Crippen molar-refractivity contribution in [3.05, 3.63) is 58.9 Å². The number of rotatable bonds is 8. The van der Waals surface area contributed by atoms with Crippen molar-refractivity contribution in [2.45, 2.75) is 25.1 Å². The Bertz CT molecular complexity index is 1060. The molecule has 152 valence electrons. The van der Waals surface area contributed by atoms with Crippen molar-refractivity contribution in [2.75, 3.05) is 12.3 Å². The largest absolute Gasteiger partial charge is 0.435 e. The normalized spacial score (nSPS) is 11.0. The smallest absolute Gasteiger partial charge is 0.387 e. The summed E-state index contributed by atoms with van der Waals surface area (Å²) in [5.74, 6) is -0.0812. The summed E-state index contributed by atoms with van der Waals surface area (Å²) in [7, 11) is 0. The first kappa shape index (κ1) is 20.8. The zero-order valence-corrected chi connectivity index (χ0v) is 16.4. The summed E-state index contributed by atoms with van der Waals surface area (Å²) in [6.45, 7) is -0.404. The van der Waals surface area contributed by atoms with E-state index in [1.165, 1.54) is 28.8 Å². The van der Waals surface area contributed by atoms with Gasteiger partial charge in [-0.15, -0.1) is 0 Å². The van der Waals surface area contributed by atoms with E-state index in [0.717, 1.165) is 18.2 Å². The molecule has 1 amide bonds. The number of benzene rings is 2. The van der Waals surface area contributed by atoms with Crippen LogP contribution in [-0.2, 0) is 4.79 Å². The maximum absolute atomic E-state index is 13.1. The van der Waals surface area contributed by atoms with Crippen molar-refractivity contribution in [3.8, 4) is 11.4 Å². The van der Waals surface area contributed by atoms with Crippen LogP contribution >= 0.6 is 11.8 Å². The van der Waals surface area contributed by atoms with Crippen LogP contribution in [0.1, 0.15) is 13.3 Å². The molecule has 0 aliphatic rings. The predicted molar refractivity (Wildman–Crippen MR) is 108 cm³/mol. The fraction of sp³-hybridized carbons (Fsp3) is 0.250. The van der Waals surface area contributed by atoms with Gasteiger partial charge in [0.1, 0.15) is 5.75 Å². The lowest BCUT2D eigenvalue weighted by Gasteiger charge is -2.14. The molecule has 0 radical (unpaired) electrons. The van der Waals surface area contributed by atoms with Crippen LogP contribution in [0.3, 0.4) is 0 Å². The van der Waals surface area contributed by atoms with Gasteiger partial charge in [0.15, 0.2) is 5.16 Å². The van der Waals surface area contributed by atoms with Gasteiger partial charge in [-0.1, -0.05) is 30.8 Å². The van der Waals surface area contributed by atoms with Crippen molar-refractivity contribution < 1.29 is 18.3 Å². The molecule has 0 saturated carbocycles. The molecule has 0 bridgehead atoms. The highest BCUT2D eigenvalue weighted by atomic mass is 32.2. The number of carbonyl (C=O) groups excluding carboxylic acids is 1. The number of aromatic nitrogens is 2. The maximum Gasteiger partial charge on any atom is 0.387 e. The third kappa shape index (κ3) is 5.11. The molecule has 6 nitrogen and oxygen atoms in total. The molecule has 9 heteroatoms. The van der Waals surface area contributed by atoms with Gasteiger partial charge in [0.2, 0.25) is 5.91 Å².